The van der Waals surface area contributed by atoms with E-state index in [9.17, 15) is 17.6 Å². The normalized spacial score (nSPS) is 12.6. The Morgan fingerprint density at radius 2 is 1.67 bits per heavy atom. The summed E-state index contributed by atoms with van der Waals surface area (Å²) in [6.07, 6.45) is 0. The van der Waals surface area contributed by atoms with Gasteiger partial charge in [0, 0.05) is 19.0 Å². The minimum absolute atomic E-state index is 0.160. The molecule has 1 atom stereocenters. The van der Waals surface area contributed by atoms with E-state index in [4.69, 9.17) is 0 Å². The topological polar surface area (TPSA) is 72.3 Å². The van der Waals surface area contributed by atoms with Gasteiger partial charge in [-0.3, -0.25) is 9.48 Å². The molecule has 0 aliphatic rings. The Bertz CT molecular complexity index is 1390. The van der Waals surface area contributed by atoms with Gasteiger partial charge < -0.3 is 4.90 Å². The van der Waals surface area contributed by atoms with Gasteiger partial charge in [-0.2, -0.15) is 5.10 Å². The average Bonchev–Trinajstić information content (AvgIpc) is 3.18. The first-order valence-electron chi connectivity index (χ1n) is 10.5. The second-order valence-electron chi connectivity index (χ2n) is 7.96. The lowest BCUT2D eigenvalue weighted by Gasteiger charge is -2.17. The molecule has 1 unspecified atom stereocenters. The lowest BCUT2D eigenvalue weighted by molar-refractivity contribution is -0.131. The van der Waals surface area contributed by atoms with Gasteiger partial charge in [-0.15, -0.1) is 0 Å². The number of hydrogen-bond donors (Lipinski definition) is 0. The summed E-state index contributed by atoms with van der Waals surface area (Å²) in [7, 11) is -2.23. The van der Waals surface area contributed by atoms with Gasteiger partial charge in [0.15, 0.2) is 5.03 Å². The Balaban J connectivity index is 1.69. The Kier molecular flexibility index (Phi) is 6.29. The molecule has 3 aromatic carbocycles. The van der Waals surface area contributed by atoms with Crippen LogP contribution in [-0.4, -0.2) is 36.1 Å². The third-order valence-corrected chi connectivity index (χ3v) is 7.70. The van der Waals surface area contributed by atoms with Crippen molar-refractivity contribution in [2.24, 2.45) is 0 Å². The SMILES string of the molecule is CC(c1ccccc1)S(=O)(=O)c1nn(CC(=O)N(C)Cc2ccccc2)c2cc(F)ccc12. The lowest BCUT2D eigenvalue weighted by atomic mass is 10.2. The summed E-state index contributed by atoms with van der Waals surface area (Å²) < 4.78 is 42.2. The quantitative estimate of drug-likeness (QED) is 0.406. The minimum atomic E-state index is -3.89. The van der Waals surface area contributed by atoms with Crippen LogP contribution in [-0.2, 0) is 27.7 Å². The molecule has 0 saturated heterocycles. The van der Waals surface area contributed by atoms with Gasteiger partial charge in [0.1, 0.15) is 12.4 Å². The van der Waals surface area contributed by atoms with Crippen molar-refractivity contribution in [1.29, 1.82) is 0 Å². The Hall–Kier alpha value is -3.52. The van der Waals surface area contributed by atoms with E-state index in [1.807, 2.05) is 36.4 Å². The first kappa shape index (κ1) is 22.7. The van der Waals surface area contributed by atoms with Gasteiger partial charge >= 0.3 is 0 Å². The third kappa shape index (κ3) is 4.66. The van der Waals surface area contributed by atoms with Crippen LogP contribution in [0.3, 0.4) is 0 Å². The van der Waals surface area contributed by atoms with Crippen molar-refractivity contribution in [3.05, 3.63) is 95.8 Å². The predicted molar refractivity (Wildman–Crippen MR) is 125 cm³/mol. The van der Waals surface area contributed by atoms with Crippen LogP contribution in [0.1, 0.15) is 23.3 Å². The van der Waals surface area contributed by atoms with E-state index in [2.05, 4.69) is 5.10 Å². The molecule has 4 rings (SSSR count). The molecule has 0 bridgehead atoms. The van der Waals surface area contributed by atoms with Crippen LogP contribution in [0.2, 0.25) is 0 Å². The van der Waals surface area contributed by atoms with Crippen LogP contribution in [0.5, 0.6) is 0 Å². The van der Waals surface area contributed by atoms with Crippen LogP contribution in [0.4, 0.5) is 4.39 Å². The summed E-state index contributed by atoms with van der Waals surface area (Å²) in [6, 6.07) is 22.2. The maximum absolute atomic E-state index is 14.0. The van der Waals surface area contributed by atoms with Crippen molar-refractivity contribution in [3.8, 4) is 0 Å². The summed E-state index contributed by atoms with van der Waals surface area (Å²) in [5.41, 5.74) is 1.85. The second-order valence-corrected chi connectivity index (χ2v) is 10.1. The fraction of sp³-hybridized carbons (Fsp3) is 0.200. The molecule has 170 valence electrons. The number of amides is 1. The molecule has 0 aliphatic carbocycles. The molecule has 0 saturated carbocycles. The highest BCUT2D eigenvalue weighted by Crippen LogP contribution is 2.32. The number of hydrogen-bond acceptors (Lipinski definition) is 4. The van der Waals surface area contributed by atoms with Gasteiger partial charge in [-0.1, -0.05) is 60.7 Å². The van der Waals surface area contributed by atoms with Crippen LogP contribution >= 0.6 is 0 Å². The average molecular weight is 466 g/mol. The lowest BCUT2D eigenvalue weighted by Crippen LogP contribution is -2.30. The van der Waals surface area contributed by atoms with Gasteiger partial charge in [0.05, 0.1) is 10.8 Å². The summed E-state index contributed by atoms with van der Waals surface area (Å²) in [6.45, 7) is 1.78. The van der Waals surface area contributed by atoms with Crippen molar-refractivity contribution in [1.82, 2.24) is 14.7 Å². The molecular weight excluding hydrogens is 441 g/mol. The molecular formula is C25H24FN3O3S. The molecule has 1 amide bonds. The Morgan fingerprint density at radius 1 is 1.03 bits per heavy atom. The van der Waals surface area contributed by atoms with Crippen LogP contribution in [0.25, 0.3) is 10.9 Å². The highest BCUT2D eigenvalue weighted by atomic mass is 32.2. The summed E-state index contributed by atoms with van der Waals surface area (Å²) in [5.74, 6) is -0.804. The summed E-state index contributed by atoms with van der Waals surface area (Å²) in [5, 5.41) is 3.57. The summed E-state index contributed by atoms with van der Waals surface area (Å²) >= 11 is 0. The summed E-state index contributed by atoms with van der Waals surface area (Å²) in [4.78, 5) is 14.4. The molecule has 1 aromatic heterocycles. The van der Waals surface area contributed by atoms with E-state index in [1.165, 1.54) is 27.8 Å². The maximum Gasteiger partial charge on any atom is 0.244 e. The molecule has 8 heteroatoms. The van der Waals surface area contributed by atoms with Gasteiger partial charge in [-0.05, 0) is 36.2 Å². The van der Waals surface area contributed by atoms with Crippen molar-refractivity contribution in [3.63, 3.8) is 0 Å². The monoisotopic (exact) mass is 465 g/mol. The zero-order chi connectivity index (χ0) is 23.6. The first-order chi connectivity index (χ1) is 15.8. The van der Waals surface area contributed by atoms with Crippen LogP contribution in [0.15, 0.2) is 83.9 Å². The van der Waals surface area contributed by atoms with E-state index < -0.39 is 20.9 Å². The molecule has 6 nitrogen and oxygen atoms in total. The van der Waals surface area contributed by atoms with Gasteiger partial charge in [0.2, 0.25) is 15.7 Å². The van der Waals surface area contributed by atoms with Crippen molar-refractivity contribution in [2.75, 3.05) is 7.05 Å². The number of likely N-dealkylation sites (N-methyl/N-ethyl adjacent to an activating group) is 1. The number of carbonyl (C=O) groups is 1. The van der Waals surface area contributed by atoms with Gasteiger partial charge in [0.25, 0.3) is 0 Å². The maximum atomic E-state index is 14.0. The van der Waals surface area contributed by atoms with Crippen LogP contribution < -0.4 is 0 Å². The highest BCUT2D eigenvalue weighted by molar-refractivity contribution is 7.91. The predicted octanol–water partition coefficient (Wildman–Crippen LogP) is 4.37. The minimum Gasteiger partial charge on any atom is -0.340 e. The van der Waals surface area contributed by atoms with E-state index in [0.717, 1.165) is 5.56 Å². The molecule has 0 radical (unpaired) electrons. The largest absolute Gasteiger partial charge is 0.340 e. The fourth-order valence-corrected chi connectivity index (χ4v) is 5.25. The van der Waals surface area contributed by atoms with Crippen molar-refractivity contribution < 1.29 is 17.6 Å². The van der Waals surface area contributed by atoms with Gasteiger partial charge in [-0.25, -0.2) is 12.8 Å². The number of benzene rings is 3. The Morgan fingerprint density at radius 3 is 2.33 bits per heavy atom. The van der Waals surface area contributed by atoms with E-state index in [1.54, 1.807) is 38.2 Å². The zero-order valence-corrected chi connectivity index (χ0v) is 19.2. The molecule has 0 spiro atoms. The molecule has 1 heterocycles. The molecule has 0 fully saturated rings. The Labute approximate surface area is 192 Å². The standard InChI is InChI=1S/C25H24FN3O3S/c1-18(20-11-7-4-8-12-20)33(31,32)25-22-14-13-21(26)15-23(22)29(27-25)17-24(30)28(2)16-19-9-5-3-6-10-19/h3-15,18H,16-17H2,1-2H3. The zero-order valence-electron chi connectivity index (χ0n) is 18.3. The number of fused-ring (bicyclic) bond motifs is 1. The van der Waals surface area contributed by atoms with E-state index in [0.29, 0.717) is 12.1 Å². The molecule has 0 N–H and O–H groups in total. The fourth-order valence-electron chi connectivity index (χ4n) is 3.71. The number of sulfone groups is 1. The second kappa shape index (κ2) is 9.15. The number of aromatic nitrogens is 2. The molecule has 4 aromatic rings. The van der Waals surface area contributed by atoms with E-state index >= 15 is 0 Å². The number of carbonyl (C=O) groups excluding carboxylic acids is 1. The number of halogens is 1. The van der Waals surface area contributed by atoms with Crippen molar-refractivity contribution >= 4 is 26.6 Å². The third-order valence-electron chi connectivity index (χ3n) is 5.66. The van der Waals surface area contributed by atoms with Crippen LogP contribution in [0, 0.1) is 5.82 Å². The molecule has 33 heavy (non-hydrogen) atoms. The van der Waals surface area contributed by atoms with Crippen molar-refractivity contribution in [2.45, 2.75) is 30.3 Å². The smallest absolute Gasteiger partial charge is 0.244 e. The first-order valence-corrected chi connectivity index (χ1v) is 12.0. The number of nitrogens with zero attached hydrogens (tertiary/aromatic N) is 3. The van der Waals surface area contributed by atoms with E-state index in [-0.39, 0.29) is 28.4 Å². The molecule has 0 aliphatic heterocycles. The highest BCUT2D eigenvalue weighted by Gasteiger charge is 2.31. The number of rotatable bonds is 7.